The van der Waals surface area contributed by atoms with E-state index in [9.17, 15) is 9.59 Å². The Morgan fingerprint density at radius 1 is 1.38 bits per heavy atom. The number of methoxy groups -OCH3 is 1. The van der Waals surface area contributed by atoms with Crippen LogP contribution in [0.5, 0.6) is 5.75 Å². The number of piperazine rings is 1. The van der Waals surface area contributed by atoms with Crippen molar-refractivity contribution in [3.05, 3.63) is 29.3 Å². The average molecular weight is 401 g/mol. The molecule has 29 heavy (non-hydrogen) atoms. The second kappa shape index (κ2) is 7.61. The average Bonchev–Trinajstić information content (AvgIpc) is 2.70. The van der Waals surface area contributed by atoms with Gasteiger partial charge in [-0.25, -0.2) is 0 Å². The molecule has 1 N–H and O–H groups in total. The van der Waals surface area contributed by atoms with E-state index in [2.05, 4.69) is 36.3 Å². The summed E-state index contributed by atoms with van der Waals surface area (Å²) in [5.74, 6) is 0.950. The molecule has 7 heteroatoms. The molecule has 0 aromatic heterocycles. The standard InChI is InChI=1S/C22H32N4O3/c1-22-7-9-24(2)18(11-15-5-6-16(29-4)12-17(15)22)21(22)25(3)20(28)14-26-10-8-23-19(27)13-26/h5-6,12,18,21H,7-11,13-14H2,1-4H3,(H,23,27)/t18-,21+,22?/m1/s1. The van der Waals surface area contributed by atoms with Crippen LogP contribution >= 0.6 is 0 Å². The largest absolute Gasteiger partial charge is 0.497 e. The van der Waals surface area contributed by atoms with E-state index < -0.39 is 0 Å². The third kappa shape index (κ3) is 3.51. The Balaban J connectivity index is 1.62. The van der Waals surface area contributed by atoms with Gasteiger partial charge in [0.25, 0.3) is 0 Å². The number of amides is 2. The Morgan fingerprint density at radius 2 is 2.17 bits per heavy atom. The molecule has 4 rings (SSSR count). The van der Waals surface area contributed by atoms with Gasteiger partial charge < -0.3 is 19.9 Å². The summed E-state index contributed by atoms with van der Waals surface area (Å²) in [7, 11) is 5.80. The highest BCUT2D eigenvalue weighted by Crippen LogP contribution is 2.47. The molecule has 1 unspecified atom stereocenters. The van der Waals surface area contributed by atoms with Crippen molar-refractivity contribution in [2.45, 2.75) is 37.3 Å². The van der Waals surface area contributed by atoms with Gasteiger partial charge in [0.1, 0.15) is 5.75 Å². The second-order valence-electron chi connectivity index (χ2n) is 8.95. The maximum atomic E-state index is 13.2. The number of benzene rings is 1. The van der Waals surface area contributed by atoms with Crippen LogP contribution in [0, 0.1) is 0 Å². The first kappa shape index (κ1) is 20.2. The smallest absolute Gasteiger partial charge is 0.236 e. The topological polar surface area (TPSA) is 65.1 Å². The Labute approximate surface area is 173 Å². The number of carbonyl (C=O) groups excluding carboxylic acids is 2. The van der Waals surface area contributed by atoms with E-state index >= 15 is 0 Å². The molecule has 1 aromatic rings. The molecule has 158 valence electrons. The molecule has 3 atom stereocenters. The molecule has 2 amide bonds. The number of piperidine rings is 1. The van der Waals surface area contributed by atoms with E-state index in [1.807, 2.05) is 22.9 Å². The fraction of sp³-hybridized carbons (Fsp3) is 0.636. The molecule has 1 aliphatic carbocycles. The summed E-state index contributed by atoms with van der Waals surface area (Å²) in [6.07, 6.45) is 1.92. The molecule has 2 fully saturated rings. The highest BCUT2D eigenvalue weighted by molar-refractivity contribution is 5.82. The summed E-state index contributed by atoms with van der Waals surface area (Å²) in [4.78, 5) is 31.2. The number of hydrogen-bond acceptors (Lipinski definition) is 5. The van der Waals surface area contributed by atoms with Crippen molar-refractivity contribution < 1.29 is 14.3 Å². The van der Waals surface area contributed by atoms with Gasteiger partial charge in [0.2, 0.25) is 11.8 Å². The summed E-state index contributed by atoms with van der Waals surface area (Å²) in [5, 5.41) is 2.82. The summed E-state index contributed by atoms with van der Waals surface area (Å²) in [6, 6.07) is 6.76. The van der Waals surface area contributed by atoms with E-state index in [0.717, 1.165) is 31.7 Å². The number of carbonyl (C=O) groups is 2. The zero-order chi connectivity index (χ0) is 20.8. The van der Waals surface area contributed by atoms with Crippen molar-refractivity contribution in [3.8, 4) is 5.75 Å². The number of nitrogens with one attached hydrogen (secondary N) is 1. The van der Waals surface area contributed by atoms with Gasteiger partial charge in [-0.1, -0.05) is 13.0 Å². The van der Waals surface area contributed by atoms with Gasteiger partial charge in [0, 0.05) is 31.6 Å². The van der Waals surface area contributed by atoms with Crippen LogP contribution in [0.2, 0.25) is 0 Å². The van der Waals surface area contributed by atoms with Gasteiger partial charge in [-0.2, -0.15) is 0 Å². The van der Waals surface area contributed by atoms with E-state index in [0.29, 0.717) is 13.1 Å². The van der Waals surface area contributed by atoms with Crippen molar-refractivity contribution in [2.24, 2.45) is 0 Å². The molecule has 2 heterocycles. The Hall–Kier alpha value is -2.12. The molecule has 1 aromatic carbocycles. The maximum absolute atomic E-state index is 13.2. The van der Waals surface area contributed by atoms with Crippen LogP contribution < -0.4 is 10.1 Å². The Kier molecular flexibility index (Phi) is 5.29. The quantitative estimate of drug-likeness (QED) is 0.796. The number of nitrogens with zero attached hydrogens (tertiary/aromatic N) is 3. The zero-order valence-corrected chi connectivity index (χ0v) is 17.9. The number of likely N-dealkylation sites (tertiary alicyclic amines) is 1. The van der Waals surface area contributed by atoms with E-state index in [1.54, 1.807) is 7.11 Å². The second-order valence-corrected chi connectivity index (χ2v) is 8.95. The van der Waals surface area contributed by atoms with Crippen LogP contribution in [0.3, 0.4) is 0 Å². The fourth-order valence-corrected chi connectivity index (χ4v) is 5.54. The van der Waals surface area contributed by atoms with Crippen molar-refractivity contribution >= 4 is 11.8 Å². The molecule has 2 aliphatic heterocycles. The number of hydrogen-bond donors (Lipinski definition) is 1. The minimum absolute atomic E-state index is 0.00560. The summed E-state index contributed by atoms with van der Waals surface area (Å²) in [5.41, 5.74) is 2.54. The van der Waals surface area contributed by atoms with Gasteiger partial charge >= 0.3 is 0 Å². The van der Waals surface area contributed by atoms with Crippen LogP contribution in [0.1, 0.15) is 24.5 Å². The fourth-order valence-electron chi connectivity index (χ4n) is 5.54. The molecule has 0 spiro atoms. The molecular formula is C22H32N4O3. The Morgan fingerprint density at radius 3 is 2.90 bits per heavy atom. The van der Waals surface area contributed by atoms with Crippen LogP contribution in [-0.4, -0.2) is 92.5 Å². The number of likely N-dealkylation sites (N-methyl/N-ethyl adjacent to an activating group) is 2. The Bertz CT molecular complexity index is 813. The van der Waals surface area contributed by atoms with Crippen molar-refractivity contribution in [2.75, 3.05) is 53.9 Å². The maximum Gasteiger partial charge on any atom is 0.236 e. The highest BCUT2D eigenvalue weighted by Gasteiger charge is 2.52. The summed E-state index contributed by atoms with van der Waals surface area (Å²) >= 11 is 0. The lowest BCUT2D eigenvalue weighted by Gasteiger charge is -2.57. The molecular weight excluding hydrogens is 368 g/mol. The first-order valence-corrected chi connectivity index (χ1v) is 10.5. The van der Waals surface area contributed by atoms with Gasteiger partial charge in [-0.05, 0) is 49.7 Å². The minimum Gasteiger partial charge on any atom is -0.497 e. The number of fused-ring (bicyclic) bond motifs is 4. The first-order valence-electron chi connectivity index (χ1n) is 10.5. The van der Waals surface area contributed by atoms with E-state index in [-0.39, 0.29) is 35.9 Å². The normalized spacial score (nSPS) is 29.7. The molecule has 0 saturated carbocycles. The predicted molar refractivity (Wildman–Crippen MR) is 111 cm³/mol. The molecule has 3 aliphatic rings. The number of rotatable bonds is 4. The first-order chi connectivity index (χ1) is 13.8. The molecule has 2 bridgehead atoms. The third-order valence-electron chi connectivity index (χ3n) is 7.22. The zero-order valence-electron chi connectivity index (χ0n) is 17.9. The van der Waals surface area contributed by atoms with Gasteiger partial charge in [-0.15, -0.1) is 0 Å². The summed E-state index contributed by atoms with van der Waals surface area (Å²) in [6.45, 7) is 5.23. The highest BCUT2D eigenvalue weighted by atomic mass is 16.5. The SMILES string of the molecule is COc1ccc2c(c1)C1(C)CCN(C)[C@H](C2)[C@@H]1N(C)C(=O)CN1CCNC(=O)C1. The predicted octanol–water partition coefficient (Wildman–Crippen LogP) is 0.472. The molecule has 0 radical (unpaired) electrons. The van der Waals surface area contributed by atoms with Crippen LogP contribution in [-0.2, 0) is 21.4 Å². The van der Waals surface area contributed by atoms with Crippen LogP contribution in [0.4, 0.5) is 0 Å². The van der Waals surface area contributed by atoms with Gasteiger partial charge in [-0.3, -0.25) is 14.5 Å². The van der Waals surface area contributed by atoms with Crippen LogP contribution in [0.15, 0.2) is 18.2 Å². The van der Waals surface area contributed by atoms with E-state index in [1.165, 1.54) is 11.1 Å². The van der Waals surface area contributed by atoms with Crippen molar-refractivity contribution in [3.63, 3.8) is 0 Å². The summed E-state index contributed by atoms with van der Waals surface area (Å²) < 4.78 is 5.50. The lowest BCUT2D eigenvalue weighted by atomic mass is 9.61. The van der Waals surface area contributed by atoms with Crippen molar-refractivity contribution in [1.82, 2.24) is 20.0 Å². The molecule has 7 nitrogen and oxygen atoms in total. The van der Waals surface area contributed by atoms with Gasteiger partial charge in [0.05, 0.1) is 26.2 Å². The number of ether oxygens (including phenoxy) is 1. The lowest BCUT2D eigenvalue weighted by molar-refractivity contribution is -0.139. The third-order valence-corrected chi connectivity index (χ3v) is 7.22. The monoisotopic (exact) mass is 400 g/mol. The van der Waals surface area contributed by atoms with E-state index in [4.69, 9.17) is 4.74 Å². The van der Waals surface area contributed by atoms with Crippen molar-refractivity contribution in [1.29, 1.82) is 0 Å². The lowest BCUT2D eigenvalue weighted by Crippen LogP contribution is -2.68. The van der Waals surface area contributed by atoms with Gasteiger partial charge in [0.15, 0.2) is 0 Å². The minimum atomic E-state index is -0.122. The molecule has 2 saturated heterocycles. The van der Waals surface area contributed by atoms with Crippen LogP contribution in [0.25, 0.3) is 0 Å².